The lowest BCUT2D eigenvalue weighted by atomic mass is 9.95. The van der Waals surface area contributed by atoms with Gasteiger partial charge < -0.3 is 20.1 Å². The molecule has 3 aliphatic rings. The minimum absolute atomic E-state index is 0.167. The maximum absolute atomic E-state index is 4.96. The molecule has 1 spiro atoms. The summed E-state index contributed by atoms with van der Waals surface area (Å²) >= 11 is 0. The van der Waals surface area contributed by atoms with Crippen molar-refractivity contribution in [3.8, 4) is 0 Å². The first-order valence-corrected chi connectivity index (χ1v) is 12.9. The van der Waals surface area contributed by atoms with Crippen LogP contribution in [-0.2, 0) is 12.1 Å². The standard InChI is InChI=1S/C26H36N8/c1-19(2)17-32-9-11-33(12-10-32)21-5-6-23(28-16-21)30-25-29-14-20-13-22-15-27-18-26(7-3-4-8-26)34(22)24(20)31-25/h5-6,13-14,16,19,27H,3-4,7-12,15,17-18H2,1-2H3,(H,28,29,30,31). The molecule has 0 unspecified atom stereocenters. The van der Waals surface area contributed by atoms with E-state index in [9.17, 15) is 0 Å². The molecule has 180 valence electrons. The van der Waals surface area contributed by atoms with E-state index in [4.69, 9.17) is 4.98 Å². The molecule has 1 saturated heterocycles. The van der Waals surface area contributed by atoms with E-state index < -0.39 is 0 Å². The van der Waals surface area contributed by atoms with Crippen LogP contribution in [-0.4, -0.2) is 63.7 Å². The lowest BCUT2D eigenvalue weighted by Crippen LogP contribution is -2.47. The molecule has 0 bridgehead atoms. The van der Waals surface area contributed by atoms with Crippen LogP contribution in [0.4, 0.5) is 17.5 Å². The Morgan fingerprint density at radius 2 is 1.88 bits per heavy atom. The maximum Gasteiger partial charge on any atom is 0.230 e. The highest BCUT2D eigenvalue weighted by Crippen LogP contribution is 2.41. The lowest BCUT2D eigenvalue weighted by molar-refractivity contribution is 0.231. The molecule has 34 heavy (non-hydrogen) atoms. The average Bonchev–Trinajstić information content (AvgIpc) is 3.45. The summed E-state index contributed by atoms with van der Waals surface area (Å²) in [6, 6.07) is 6.45. The largest absolute Gasteiger partial charge is 0.368 e. The van der Waals surface area contributed by atoms with Crippen LogP contribution < -0.4 is 15.5 Å². The van der Waals surface area contributed by atoms with Gasteiger partial charge in [-0.25, -0.2) is 9.97 Å². The number of hydrogen-bond acceptors (Lipinski definition) is 7. The van der Waals surface area contributed by atoms with Crippen LogP contribution in [0.25, 0.3) is 11.0 Å². The van der Waals surface area contributed by atoms with Crippen molar-refractivity contribution < 1.29 is 0 Å². The van der Waals surface area contributed by atoms with Crippen molar-refractivity contribution in [1.82, 2.24) is 29.7 Å². The molecule has 3 aromatic heterocycles. The molecule has 3 aromatic rings. The molecule has 1 aliphatic carbocycles. The van der Waals surface area contributed by atoms with Crippen LogP contribution in [0.2, 0.25) is 0 Å². The zero-order valence-corrected chi connectivity index (χ0v) is 20.4. The van der Waals surface area contributed by atoms with Crippen LogP contribution in [0, 0.1) is 5.92 Å². The fourth-order valence-corrected chi connectivity index (χ4v) is 6.17. The fraction of sp³-hybridized carbons (Fsp3) is 0.577. The van der Waals surface area contributed by atoms with Crippen LogP contribution >= 0.6 is 0 Å². The van der Waals surface area contributed by atoms with Gasteiger partial charge in [-0.3, -0.25) is 4.90 Å². The number of aromatic nitrogens is 4. The van der Waals surface area contributed by atoms with E-state index in [1.165, 1.54) is 43.6 Å². The van der Waals surface area contributed by atoms with Crippen LogP contribution in [0.15, 0.2) is 30.6 Å². The van der Waals surface area contributed by atoms with E-state index in [2.05, 4.69) is 60.9 Å². The average molecular weight is 461 g/mol. The number of nitrogens with one attached hydrogen (secondary N) is 2. The second-order valence-electron chi connectivity index (χ2n) is 10.7. The van der Waals surface area contributed by atoms with E-state index >= 15 is 0 Å². The minimum Gasteiger partial charge on any atom is -0.368 e. The molecule has 2 N–H and O–H groups in total. The Kier molecular flexibility index (Phi) is 5.65. The third-order valence-electron chi connectivity index (χ3n) is 7.73. The van der Waals surface area contributed by atoms with Crippen molar-refractivity contribution in [3.05, 3.63) is 36.3 Å². The Hall–Kier alpha value is -2.71. The summed E-state index contributed by atoms with van der Waals surface area (Å²) in [6.07, 6.45) is 8.94. The monoisotopic (exact) mass is 460 g/mol. The van der Waals surface area contributed by atoms with Gasteiger partial charge in [0.1, 0.15) is 11.5 Å². The second kappa shape index (κ2) is 8.82. The first kappa shape index (κ1) is 21.8. The SMILES string of the molecule is CC(C)CN1CCN(c2ccc(Nc3ncc4cc5n(c4n3)C3(CCCC3)CNC5)nc2)CC1. The fourth-order valence-electron chi connectivity index (χ4n) is 6.17. The third kappa shape index (κ3) is 4.03. The zero-order valence-electron chi connectivity index (χ0n) is 20.4. The number of pyridine rings is 1. The van der Waals surface area contributed by atoms with Crippen LogP contribution in [0.1, 0.15) is 45.2 Å². The second-order valence-corrected chi connectivity index (χ2v) is 10.7. The summed E-state index contributed by atoms with van der Waals surface area (Å²) in [6.45, 7) is 12.0. The summed E-state index contributed by atoms with van der Waals surface area (Å²) in [5.41, 5.74) is 3.72. The third-order valence-corrected chi connectivity index (χ3v) is 7.73. The van der Waals surface area contributed by atoms with Gasteiger partial charge in [0.15, 0.2) is 0 Å². The number of hydrogen-bond donors (Lipinski definition) is 2. The van der Waals surface area contributed by atoms with E-state index in [1.54, 1.807) is 0 Å². The highest BCUT2D eigenvalue weighted by Gasteiger charge is 2.40. The molecule has 2 aliphatic heterocycles. The van der Waals surface area contributed by atoms with Gasteiger partial charge >= 0.3 is 0 Å². The molecule has 0 radical (unpaired) electrons. The van der Waals surface area contributed by atoms with Crippen molar-refractivity contribution in [2.45, 2.75) is 51.6 Å². The quantitative estimate of drug-likeness (QED) is 0.601. The van der Waals surface area contributed by atoms with Gasteiger partial charge in [-0.1, -0.05) is 26.7 Å². The van der Waals surface area contributed by atoms with Crippen molar-refractivity contribution >= 4 is 28.5 Å². The Bertz CT molecular complexity index is 1140. The molecule has 0 aromatic carbocycles. The molecule has 6 rings (SSSR count). The topological polar surface area (TPSA) is 74.1 Å². The van der Waals surface area contributed by atoms with Crippen molar-refractivity contribution in [1.29, 1.82) is 0 Å². The summed E-state index contributed by atoms with van der Waals surface area (Å²) in [4.78, 5) is 19.2. The first-order chi connectivity index (χ1) is 16.6. The predicted molar refractivity (Wildman–Crippen MR) is 137 cm³/mol. The summed E-state index contributed by atoms with van der Waals surface area (Å²) in [5.74, 6) is 2.12. The van der Waals surface area contributed by atoms with Gasteiger partial charge in [0, 0.05) is 63.1 Å². The van der Waals surface area contributed by atoms with E-state index in [-0.39, 0.29) is 5.54 Å². The first-order valence-electron chi connectivity index (χ1n) is 12.9. The number of piperazine rings is 1. The van der Waals surface area contributed by atoms with Gasteiger partial charge in [-0.05, 0) is 37.0 Å². The molecular weight excluding hydrogens is 424 g/mol. The zero-order chi connectivity index (χ0) is 23.1. The maximum atomic E-state index is 4.96. The molecule has 0 atom stereocenters. The van der Waals surface area contributed by atoms with Gasteiger partial charge in [-0.2, -0.15) is 4.98 Å². The van der Waals surface area contributed by atoms with Crippen molar-refractivity contribution in [3.63, 3.8) is 0 Å². The van der Waals surface area contributed by atoms with Crippen molar-refractivity contribution in [2.24, 2.45) is 5.92 Å². The molecule has 2 fully saturated rings. The smallest absolute Gasteiger partial charge is 0.230 e. The lowest BCUT2D eigenvalue weighted by Gasteiger charge is -2.37. The van der Waals surface area contributed by atoms with E-state index in [0.717, 1.165) is 62.0 Å². The Labute approximate surface area is 201 Å². The Morgan fingerprint density at radius 1 is 1.06 bits per heavy atom. The van der Waals surface area contributed by atoms with Crippen molar-refractivity contribution in [2.75, 3.05) is 49.5 Å². The molecule has 8 nitrogen and oxygen atoms in total. The van der Waals surface area contributed by atoms with Gasteiger partial charge in [0.2, 0.25) is 5.95 Å². The molecule has 0 amide bonds. The molecular formula is C26H36N8. The molecule has 1 saturated carbocycles. The predicted octanol–water partition coefficient (Wildman–Crippen LogP) is 3.72. The van der Waals surface area contributed by atoms with E-state index in [0.29, 0.717) is 5.95 Å². The number of fused-ring (bicyclic) bond motifs is 4. The summed E-state index contributed by atoms with van der Waals surface area (Å²) in [7, 11) is 0. The Morgan fingerprint density at radius 3 is 2.62 bits per heavy atom. The Balaban J connectivity index is 1.18. The van der Waals surface area contributed by atoms with Gasteiger partial charge in [-0.15, -0.1) is 0 Å². The normalized spacial score (nSPS) is 20.4. The number of rotatable bonds is 5. The van der Waals surface area contributed by atoms with Gasteiger partial charge in [0.05, 0.1) is 17.4 Å². The highest BCUT2D eigenvalue weighted by atomic mass is 15.3. The minimum atomic E-state index is 0.167. The summed E-state index contributed by atoms with van der Waals surface area (Å²) in [5, 5.41) is 8.09. The number of anilines is 3. The molecule has 8 heteroatoms. The number of nitrogens with zero attached hydrogens (tertiary/aromatic N) is 6. The van der Waals surface area contributed by atoms with Gasteiger partial charge in [0.25, 0.3) is 0 Å². The van der Waals surface area contributed by atoms with E-state index in [1.807, 2.05) is 18.5 Å². The highest BCUT2D eigenvalue weighted by molar-refractivity contribution is 5.79. The summed E-state index contributed by atoms with van der Waals surface area (Å²) < 4.78 is 2.51. The molecule has 5 heterocycles. The van der Waals surface area contributed by atoms with Crippen LogP contribution in [0.3, 0.4) is 0 Å². The van der Waals surface area contributed by atoms with Crippen LogP contribution in [0.5, 0.6) is 0 Å².